The van der Waals surface area contributed by atoms with Crippen molar-refractivity contribution in [2.45, 2.75) is 0 Å². The Morgan fingerprint density at radius 2 is 2.00 bits per heavy atom. The Hall–Kier alpha value is -1.85. The van der Waals surface area contributed by atoms with Crippen LogP contribution in [0.4, 0.5) is 8.78 Å². The Morgan fingerprint density at radius 3 is 2.54 bits per heavy atom. The van der Waals surface area contributed by atoms with Gasteiger partial charge in [0, 0.05) is 0 Å². The summed E-state index contributed by atoms with van der Waals surface area (Å²) in [6.07, 6.45) is 0. The average molecular weight is 188 g/mol. The van der Waals surface area contributed by atoms with Crippen LogP contribution in [0, 0.1) is 11.6 Å². The van der Waals surface area contributed by atoms with Crippen LogP contribution in [0.25, 0.3) is 0 Å². The second-order valence-corrected chi connectivity index (χ2v) is 2.24. The van der Waals surface area contributed by atoms with Gasteiger partial charge in [0.15, 0.2) is 23.2 Å². The van der Waals surface area contributed by atoms with Crippen molar-refractivity contribution in [3.05, 3.63) is 29.3 Å². The van der Waals surface area contributed by atoms with E-state index in [1.807, 2.05) is 0 Å². The average Bonchev–Trinajstić information content (AvgIpc) is 2.13. The molecule has 6 heteroatoms. The smallest absolute Gasteiger partial charge is 0.188 e. The fraction of sp³-hybridized carbons (Fsp3) is 0. The number of aromatic hydroxyl groups is 1. The first kappa shape index (κ1) is 9.24. The molecule has 0 heterocycles. The van der Waals surface area contributed by atoms with E-state index in [9.17, 15) is 8.78 Å². The first-order valence-corrected chi connectivity index (χ1v) is 3.22. The molecule has 0 radical (unpaired) electrons. The van der Waals surface area contributed by atoms with Gasteiger partial charge in [0.05, 0.1) is 5.56 Å². The van der Waals surface area contributed by atoms with Gasteiger partial charge in [-0.05, 0) is 12.1 Å². The summed E-state index contributed by atoms with van der Waals surface area (Å²) in [5.74, 6) is -4.04. The lowest BCUT2D eigenvalue weighted by molar-refractivity contribution is 0.318. The summed E-state index contributed by atoms with van der Waals surface area (Å²) in [6, 6.07) is 1.77. The predicted molar refractivity (Wildman–Crippen MR) is 40.5 cm³/mol. The molecular weight excluding hydrogens is 182 g/mol. The minimum Gasteiger partial charge on any atom is -0.503 e. The zero-order valence-corrected chi connectivity index (χ0v) is 6.33. The van der Waals surface area contributed by atoms with Crippen molar-refractivity contribution in [2.75, 3.05) is 0 Å². The van der Waals surface area contributed by atoms with Crippen LogP contribution in [0.1, 0.15) is 5.56 Å². The first-order chi connectivity index (χ1) is 6.07. The molecule has 0 spiro atoms. The van der Waals surface area contributed by atoms with E-state index in [4.69, 9.17) is 16.0 Å². The zero-order valence-electron chi connectivity index (χ0n) is 6.33. The Morgan fingerprint density at radius 1 is 1.38 bits per heavy atom. The molecule has 13 heavy (non-hydrogen) atoms. The fourth-order valence-corrected chi connectivity index (χ4v) is 0.793. The number of amidine groups is 1. The van der Waals surface area contributed by atoms with Crippen LogP contribution in [-0.2, 0) is 0 Å². The molecule has 70 valence electrons. The van der Waals surface area contributed by atoms with Gasteiger partial charge in [0.2, 0.25) is 0 Å². The Balaban J connectivity index is 3.34. The van der Waals surface area contributed by atoms with Crippen LogP contribution in [0.3, 0.4) is 0 Å². The van der Waals surface area contributed by atoms with Gasteiger partial charge in [-0.15, -0.1) is 0 Å². The third kappa shape index (κ3) is 1.51. The number of hydrogen-bond donors (Lipinski definition) is 3. The highest BCUT2D eigenvalue weighted by molar-refractivity contribution is 5.97. The minimum atomic E-state index is -1.25. The molecular formula is C7H6F2N2O2. The minimum absolute atomic E-state index is 0.360. The quantitative estimate of drug-likeness (QED) is 0.263. The van der Waals surface area contributed by atoms with Crippen LogP contribution in [0.5, 0.6) is 5.75 Å². The van der Waals surface area contributed by atoms with E-state index in [1.165, 1.54) is 0 Å². The normalized spacial score (nSPS) is 11.7. The number of nitrogens with two attached hydrogens (primary N) is 1. The molecule has 0 atom stereocenters. The number of phenols is 1. The maximum Gasteiger partial charge on any atom is 0.188 e. The lowest BCUT2D eigenvalue weighted by Gasteiger charge is -2.02. The van der Waals surface area contributed by atoms with E-state index in [1.54, 1.807) is 0 Å². The van der Waals surface area contributed by atoms with E-state index >= 15 is 0 Å². The van der Waals surface area contributed by atoms with Crippen LogP contribution >= 0.6 is 0 Å². The molecule has 1 rings (SSSR count). The van der Waals surface area contributed by atoms with Crippen molar-refractivity contribution in [2.24, 2.45) is 10.9 Å². The van der Waals surface area contributed by atoms with Crippen molar-refractivity contribution in [3.63, 3.8) is 0 Å². The monoisotopic (exact) mass is 188 g/mol. The van der Waals surface area contributed by atoms with Crippen molar-refractivity contribution in [1.29, 1.82) is 0 Å². The van der Waals surface area contributed by atoms with Crippen molar-refractivity contribution in [3.8, 4) is 5.75 Å². The zero-order chi connectivity index (χ0) is 10.0. The molecule has 0 saturated carbocycles. The van der Waals surface area contributed by atoms with E-state index < -0.39 is 23.2 Å². The molecule has 0 amide bonds. The highest BCUT2D eigenvalue weighted by atomic mass is 19.1. The van der Waals surface area contributed by atoms with Gasteiger partial charge in [0.25, 0.3) is 0 Å². The highest BCUT2D eigenvalue weighted by Gasteiger charge is 2.14. The van der Waals surface area contributed by atoms with Gasteiger partial charge in [-0.3, -0.25) is 0 Å². The first-order valence-electron chi connectivity index (χ1n) is 3.22. The molecule has 0 fully saturated rings. The molecule has 1 aromatic carbocycles. The van der Waals surface area contributed by atoms with Gasteiger partial charge in [-0.25, -0.2) is 8.78 Å². The molecule has 4 nitrogen and oxygen atoms in total. The summed E-state index contributed by atoms with van der Waals surface area (Å²) < 4.78 is 25.4. The van der Waals surface area contributed by atoms with Gasteiger partial charge >= 0.3 is 0 Å². The third-order valence-electron chi connectivity index (χ3n) is 1.45. The Bertz CT molecular complexity index is 366. The number of rotatable bonds is 1. The Kier molecular flexibility index (Phi) is 2.32. The molecule has 4 N–H and O–H groups in total. The van der Waals surface area contributed by atoms with Gasteiger partial charge < -0.3 is 16.0 Å². The summed E-state index contributed by atoms with van der Waals surface area (Å²) in [4.78, 5) is 0. The van der Waals surface area contributed by atoms with E-state index in [0.29, 0.717) is 0 Å². The molecule has 0 aliphatic rings. The third-order valence-corrected chi connectivity index (χ3v) is 1.45. The molecule has 0 aromatic heterocycles. The van der Waals surface area contributed by atoms with Crippen LogP contribution in [-0.4, -0.2) is 16.1 Å². The van der Waals surface area contributed by atoms with Gasteiger partial charge in [-0.1, -0.05) is 5.16 Å². The number of hydrogen-bond acceptors (Lipinski definition) is 3. The largest absolute Gasteiger partial charge is 0.503 e. The molecule has 0 aliphatic carbocycles. The van der Waals surface area contributed by atoms with E-state index in [-0.39, 0.29) is 5.56 Å². The maximum atomic E-state index is 12.9. The van der Waals surface area contributed by atoms with Crippen molar-refractivity contribution in [1.82, 2.24) is 0 Å². The fourth-order valence-electron chi connectivity index (χ4n) is 0.793. The number of halogens is 2. The second-order valence-electron chi connectivity index (χ2n) is 2.24. The summed E-state index contributed by atoms with van der Waals surface area (Å²) in [5.41, 5.74) is 4.68. The number of oxime groups is 1. The standard InChI is InChI=1S/C7H6F2N2O2/c8-4-2-1-3(7(10)11-13)5(9)6(4)12/h1-2,12-13H,(H2,10,11). The molecule has 0 bridgehead atoms. The molecule has 1 aromatic rings. The Labute approximate surface area is 71.9 Å². The lowest BCUT2D eigenvalue weighted by atomic mass is 10.2. The van der Waals surface area contributed by atoms with Crippen LogP contribution < -0.4 is 5.73 Å². The molecule has 0 unspecified atom stereocenters. The maximum absolute atomic E-state index is 12.9. The SMILES string of the molecule is NC(=NO)c1ccc(F)c(O)c1F. The topological polar surface area (TPSA) is 78.8 Å². The predicted octanol–water partition coefficient (Wildman–Crippen LogP) is 0.765. The summed E-state index contributed by atoms with van der Waals surface area (Å²) in [7, 11) is 0. The number of nitrogens with zero attached hydrogens (tertiary/aromatic N) is 1. The molecule has 0 saturated heterocycles. The number of benzene rings is 1. The summed E-state index contributed by atoms with van der Waals surface area (Å²) in [5, 5.41) is 19.5. The van der Waals surface area contributed by atoms with Gasteiger partial charge in [0.1, 0.15) is 0 Å². The van der Waals surface area contributed by atoms with Crippen molar-refractivity contribution < 1.29 is 19.1 Å². The van der Waals surface area contributed by atoms with Crippen LogP contribution in [0.2, 0.25) is 0 Å². The second kappa shape index (κ2) is 3.26. The van der Waals surface area contributed by atoms with E-state index in [2.05, 4.69) is 5.16 Å². The van der Waals surface area contributed by atoms with E-state index in [0.717, 1.165) is 12.1 Å². The lowest BCUT2D eigenvalue weighted by Crippen LogP contribution is -2.15. The van der Waals surface area contributed by atoms with Crippen molar-refractivity contribution >= 4 is 5.84 Å². The number of phenolic OH excluding ortho intramolecular Hbond substituents is 1. The summed E-state index contributed by atoms with van der Waals surface area (Å²) >= 11 is 0. The van der Waals surface area contributed by atoms with Gasteiger partial charge in [-0.2, -0.15) is 0 Å². The summed E-state index contributed by atoms with van der Waals surface area (Å²) in [6.45, 7) is 0. The highest BCUT2D eigenvalue weighted by Crippen LogP contribution is 2.22. The molecule has 0 aliphatic heterocycles. The van der Waals surface area contributed by atoms with Crippen LogP contribution in [0.15, 0.2) is 17.3 Å².